The average Bonchev–Trinajstić information content (AvgIpc) is 2.82. The van der Waals surface area contributed by atoms with E-state index in [0.29, 0.717) is 18.5 Å². The molecule has 0 bridgehead atoms. The predicted molar refractivity (Wildman–Crippen MR) is 114 cm³/mol. The molecule has 0 radical (unpaired) electrons. The molecule has 0 aliphatic heterocycles. The fourth-order valence-electron chi connectivity index (χ4n) is 3.10. The molecule has 0 heterocycles. The minimum absolute atomic E-state index is 0. The smallest absolute Gasteiger partial charge is 0.189 e. The summed E-state index contributed by atoms with van der Waals surface area (Å²) in [6.07, 6.45) is 7.75. The van der Waals surface area contributed by atoms with Gasteiger partial charge in [0.25, 0.3) is 0 Å². The van der Waals surface area contributed by atoms with E-state index in [1.807, 2.05) is 0 Å². The fourth-order valence-corrected chi connectivity index (χ4v) is 3.10. The Hall–Kier alpha value is -0.820. The third kappa shape index (κ3) is 7.83. The molecule has 1 saturated carbocycles. The van der Waals surface area contributed by atoms with Crippen molar-refractivity contribution in [2.24, 2.45) is 10.7 Å². The topological polar surface area (TPSA) is 53.6 Å². The van der Waals surface area contributed by atoms with E-state index in [4.69, 9.17) is 5.73 Å². The summed E-state index contributed by atoms with van der Waals surface area (Å²) in [5, 5.41) is 3.40. The van der Waals surface area contributed by atoms with E-state index in [1.54, 1.807) is 0 Å². The van der Waals surface area contributed by atoms with Crippen LogP contribution in [0.1, 0.15) is 56.6 Å². The largest absolute Gasteiger partial charge is 0.370 e. The maximum atomic E-state index is 6.07. The van der Waals surface area contributed by atoms with E-state index < -0.39 is 0 Å². The molecule has 0 spiro atoms. The first-order valence-electron chi connectivity index (χ1n) is 9.00. The van der Waals surface area contributed by atoms with E-state index in [0.717, 1.165) is 13.1 Å². The molecule has 136 valence electrons. The van der Waals surface area contributed by atoms with Crippen LogP contribution in [0.5, 0.6) is 0 Å². The number of aliphatic imine (C=N–C) groups is 1. The number of nitrogens with zero attached hydrogens (tertiary/aromatic N) is 2. The number of nitrogens with two attached hydrogens (primary N) is 1. The Balaban J connectivity index is 0.00000288. The van der Waals surface area contributed by atoms with Gasteiger partial charge in [0.05, 0.1) is 6.54 Å². The van der Waals surface area contributed by atoms with Crippen molar-refractivity contribution in [3.8, 4) is 0 Å². The summed E-state index contributed by atoms with van der Waals surface area (Å²) in [5.74, 6) is 0.591. The first-order chi connectivity index (χ1) is 11.2. The summed E-state index contributed by atoms with van der Waals surface area (Å²) >= 11 is 0. The lowest BCUT2D eigenvalue weighted by Crippen LogP contribution is -2.39. The monoisotopic (exact) mass is 444 g/mol. The molecule has 1 aromatic carbocycles. The van der Waals surface area contributed by atoms with Gasteiger partial charge in [-0.2, -0.15) is 0 Å². The highest BCUT2D eigenvalue weighted by Gasteiger charge is 2.12. The van der Waals surface area contributed by atoms with E-state index in [9.17, 15) is 0 Å². The molecule has 1 aliphatic rings. The number of benzene rings is 1. The quantitative estimate of drug-likeness (QED) is 0.303. The molecular weight excluding hydrogens is 411 g/mol. The first-order valence-corrected chi connectivity index (χ1v) is 9.00. The van der Waals surface area contributed by atoms with Crippen LogP contribution in [0.2, 0.25) is 0 Å². The fraction of sp³-hybridized carbons (Fsp3) is 0.632. The summed E-state index contributed by atoms with van der Waals surface area (Å²) < 4.78 is 0. The molecule has 1 fully saturated rings. The lowest BCUT2D eigenvalue weighted by atomic mass is 10.1. The highest BCUT2D eigenvalue weighted by Crippen LogP contribution is 2.17. The molecule has 0 amide bonds. The van der Waals surface area contributed by atoms with Crippen molar-refractivity contribution in [3.63, 3.8) is 0 Å². The van der Waals surface area contributed by atoms with Crippen LogP contribution in [0.3, 0.4) is 0 Å². The number of nitrogens with one attached hydrogen (secondary N) is 1. The van der Waals surface area contributed by atoms with Crippen LogP contribution in [0, 0.1) is 0 Å². The van der Waals surface area contributed by atoms with Crippen LogP contribution < -0.4 is 11.1 Å². The Morgan fingerprint density at radius 3 is 2.54 bits per heavy atom. The van der Waals surface area contributed by atoms with Gasteiger partial charge in [-0.1, -0.05) is 56.9 Å². The van der Waals surface area contributed by atoms with Gasteiger partial charge in [0.15, 0.2) is 5.96 Å². The summed E-state index contributed by atoms with van der Waals surface area (Å²) in [5.41, 5.74) is 8.63. The Morgan fingerprint density at radius 2 is 1.88 bits per heavy atom. The van der Waals surface area contributed by atoms with Crippen molar-refractivity contribution >= 4 is 29.9 Å². The van der Waals surface area contributed by atoms with Crippen LogP contribution in [0.15, 0.2) is 29.3 Å². The van der Waals surface area contributed by atoms with Crippen LogP contribution in [-0.4, -0.2) is 30.5 Å². The zero-order chi connectivity index (χ0) is 16.5. The van der Waals surface area contributed by atoms with Crippen molar-refractivity contribution in [3.05, 3.63) is 35.4 Å². The van der Waals surface area contributed by atoms with Gasteiger partial charge < -0.3 is 16.0 Å². The molecule has 3 N–H and O–H groups in total. The lowest BCUT2D eigenvalue weighted by molar-refractivity contribution is 0.345. The third-order valence-electron chi connectivity index (χ3n) is 4.62. The maximum absolute atomic E-state index is 6.07. The molecule has 0 unspecified atom stereocenters. The molecule has 1 aliphatic carbocycles. The normalized spacial score (nSPS) is 16.5. The molecular formula is C19H33IN4. The zero-order valence-electron chi connectivity index (χ0n) is 15.1. The van der Waals surface area contributed by atoms with Crippen molar-refractivity contribution < 1.29 is 0 Å². The summed E-state index contributed by atoms with van der Waals surface area (Å²) in [6.45, 7) is 4.85. The predicted octanol–water partition coefficient (Wildman–Crippen LogP) is 3.88. The minimum Gasteiger partial charge on any atom is -0.370 e. The number of hydrogen-bond donors (Lipinski definition) is 2. The van der Waals surface area contributed by atoms with Crippen molar-refractivity contribution in [1.82, 2.24) is 10.2 Å². The molecule has 0 aromatic heterocycles. The highest BCUT2D eigenvalue weighted by atomic mass is 127. The van der Waals surface area contributed by atoms with Crippen molar-refractivity contribution in [2.75, 3.05) is 13.6 Å². The Bertz CT molecular complexity index is 496. The highest BCUT2D eigenvalue weighted by molar-refractivity contribution is 14.0. The van der Waals surface area contributed by atoms with Gasteiger partial charge in [0.2, 0.25) is 0 Å². The Morgan fingerprint density at radius 1 is 1.21 bits per heavy atom. The van der Waals surface area contributed by atoms with Gasteiger partial charge in [-0.25, -0.2) is 4.99 Å². The second-order valence-electron chi connectivity index (χ2n) is 6.68. The second-order valence-corrected chi connectivity index (χ2v) is 6.68. The molecule has 0 saturated heterocycles. The van der Waals surface area contributed by atoms with Crippen LogP contribution in [-0.2, 0) is 13.1 Å². The summed E-state index contributed by atoms with van der Waals surface area (Å²) in [4.78, 5) is 6.83. The van der Waals surface area contributed by atoms with Crippen LogP contribution >= 0.6 is 24.0 Å². The number of halogens is 1. The zero-order valence-corrected chi connectivity index (χ0v) is 17.5. The Kier molecular flexibility index (Phi) is 10.3. The molecule has 0 atom stereocenters. The second kappa shape index (κ2) is 11.7. The number of guanidine groups is 1. The molecule has 4 nitrogen and oxygen atoms in total. The van der Waals surface area contributed by atoms with Gasteiger partial charge in [-0.05, 0) is 37.6 Å². The third-order valence-corrected chi connectivity index (χ3v) is 4.62. The molecule has 1 aromatic rings. The number of hydrogen-bond acceptors (Lipinski definition) is 2. The molecule has 5 heteroatoms. The van der Waals surface area contributed by atoms with Gasteiger partial charge in [-0.3, -0.25) is 0 Å². The van der Waals surface area contributed by atoms with Gasteiger partial charge in [-0.15, -0.1) is 24.0 Å². The average molecular weight is 444 g/mol. The van der Waals surface area contributed by atoms with E-state index >= 15 is 0 Å². The SMILES string of the molecule is CCN(C)Cc1cccc(CN=C(N)NC2CCCCCC2)c1.I. The van der Waals surface area contributed by atoms with E-state index in [2.05, 4.69) is 53.4 Å². The van der Waals surface area contributed by atoms with Gasteiger partial charge in [0, 0.05) is 12.6 Å². The first kappa shape index (κ1) is 21.2. The van der Waals surface area contributed by atoms with Crippen molar-refractivity contribution in [1.29, 1.82) is 0 Å². The van der Waals surface area contributed by atoms with Crippen LogP contribution in [0.4, 0.5) is 0 Å². The van der Waals surface area contributed by atoms with Gasteiger partial charge in [0.1, 0.15) is 0 Å². The molecule has 24 heavy (non-hydrogen) atoms. The van der Waals surface area contributed by atoms with E-state index in [1.165, 1.54) is 49.7 Å². The minimum atomic E-state index is 0. The summed E-state index contributed by atoms with van der Waals surface area (Å²) in [6, 6.07) is 9.14. The summed E-state index contributed by atoms with van der Waals surface area (Å²) in [7, 11) is 2.14. The van der Waals surface area contributed by atoms with Gasteiger partial charge >= 0.3 is 0 Å². The lowest BCUT2D eigenvalue weighted by Gasteiger charge is -2.17. The maximum Gasteiger partial charge on any atom is 0.189 e. The van der Waals surface area contributed by atoms with Crippen molar-refractivity contribution in [2.45, 2.75) is 64.6 Å². The Labute approximate surface area is 164 Å². The van der Waals surface area contributed by atoms with Crippen LogP contribution in [0.25, 0.3) is 0 Å². The standard InChI is InChI=1S/C19H32N4.HI/c1-3-23(2)15-17-10-8-9-16(13-17)14-21-19(20)22-18-11-6-4-5-7-12-18;/h8-10,13,18H,3-7,11-12,14-15H2,1-2H3,(H3,20,21,22);1H. The number of rotatable bonds is 6. The molecule has 2 rings (SSSR count). The van der Waals surface area contributed by atoms with E-state index in [-0.39, 0.29) is 24.0 Å².